The number of primary sulfonamides is 1. The topological polar surface area (TPSA) is 87.2 Å². The molecule has 1 aromatic heterocycles. The van der Waals surface area contributed by atoms with E-state index in [4.69, 9.17) is 9.88 Å². The second-order valence-corrected chi connectivity index (χ2v) is 6.74. The molecule has 1 unspecified atom stereocenters. The molecule has 1 saturated heterocycles. The van der Waals surface area contributed by atoms with E-state index in [1.807, 2.05) is 4.57 Å². The molecule has 1 spiro atoms. The predicted molar refractivity (Wildman–Crippen MR) is 64.4 cm³/mol. The second-order valence-electron chi connectivity index (χ2n) is 5.24. The molecule has 0 amide bonds. The van der Waals surface area contributed by atoms with E-state index >= 15 is 0 Å². The Labute approximate surface area is 106 Å². The number of rotatable bonds is 2. The quantitative estimate of drug-likeness (QED) is 0.862. The minimum absolute atomic E-state index is 0.0366. The van der Waals surface area contributed by atoms with Crippen molar-refractivity contribution in [1.29, 1.82) is 0 Å². The lowest BCUT2D eigenvalue weighted by molar-refractivity contribution is -0.140. The molecule has 100 valence electrons. The molecule has 1 aromatic rings. The van der Waals surface area contributed by atoms with Crippen LogP contribution in [0.1, 0.15) is 38.1 Å². The first-order valence-corrected chi connectivity index (χ1v) is 7.73. The van der Waals surface area contributed by atoms with Crippen molar-refractivity contribution in [1.82, 2.24) is 9.55 Å². The standard InChI is InChI=1S/C11H17N3O3S/c12-18(15,16)10-7-14(8-13-10)9-2-5-17-11(6-9)3-1-4-11/h7-9H,1-6H2,(H2,12,15,16). The molecule has 1 aliphatic heterocycles. The number of ether oxygens (including phenoxy) is 1. The maximum atomic E-state index is 11.2. The summed E-state index contributed by atoms with van der Waals surface area (Å²) in [4.78, 5) is 3.86. The molecule has 1 saturated carbocycles. The Balaban J connectivity index is 1.80. The Morgan fingerprint density at radius 3 is 2.83 bits per heavy atom. The van der Waals surface area contributed by atoms with E-state index < -0.39 is 10.0 Å². The number of hydrogen-bond donors (Lipinski definition) is 1. The monoisotopic (exact) mass is 271 g/mol. The van der Waals surface area contributed by atoms with Crippen molar-refractivity contribution >= 4 is 10.0 Å². The van der Waals surface area contributed by atoms with Crippen LogP contribution < -0.4 is 5.14 Å². The van der Waals surface area contributed by atoms with Crippen LogP contribution >= 0.6 is 0 Å². The van der Waals surface area contributed by atoms with Gasteiger partial charge in [-0.15, -0.1) is 0 Å². The summed E-state index contributed by atoms with van der Waals surface area (Å²) in [6.07, 6.45) is 8.36. The SMILES string of the molecule is NS(=O)(=O)c1cn(C2CCOC3(CCC3)C2)cn1. The van der Waals surface area contributed by atoms with Gasteiger partial charge in [0.1, 0.15) is 0 Å². The van der Waals surface area contributed by atoms with Gasteiger partial charge in [0.25, 0.3) is 10.0 Å². The Kier molecular flexibility index (Phi) is 2.72. The van der Waals surface area contributed by atoms with Gasteiger partial charge in [0.15, 0.2) is 5.03 Å². The van der Waals surface area contributed by atoms with Crippen LogP contribution in [0.2, 0.25) is 0 Å². The van der Waals surface area contributed by atoms with Crippen molar-refractivity contribution in [2.24, 2.45) is 5.14 Å². The van der Waals surface area contributed by atoms with Gasteiger partial charge in [0, 0.05) is 18.8 Å². The number of sulfonamides is 1. The first-order chi connectivity index (χ1) is 8.49. The molecule has 1 atom stereocenters. The summed E-state index contributed by atoms with van der Waals surface area (Å²) in [7, 11) is -3.70. The van der Waals surface area contributed by atoms with E-state index in [0.717, 1.165) is 32.3 Å². The van der Waals surface area contributed by atoms with Crippen LogP contribution in [0.5, 0.6) is 0 Å². The zero-order valence-corrected chi connectivity index (χ0v) is 10.9. The molecule has 18 heavy (non-hydrogen) atoms. The van der Waals surface area contributed by atoms with E-state index in [1.165, 1.54) is 12.6 Å². The zero-order valence-electron chi connectivity index (χ0n) is 10.1. The van der Waals surface area contributed by atoms with Gasteiger partial charge in [0.2, 0.25) is 0 Å². The first kappa shape index (κ1) is 12.1. The smallest absolute Gasteiger partial charge is 0.257 e. The minimum atomic E-state index is -3.70. The molecule has 3 rings (SSSR count). The largest absolute Gasteiger partial charge is 0.375 e. The molecule has 0 radical (unpaired) electrons. The lowest BCUT2D eigenvalue weighted by atomic mass is 9.74. The molecule has 2 aliphatic rings. The summed E-state index contributed by atoms with van der Waals surface area (Å²) in [5.74, 6) is 0. The third-order valence-electron chi connectivity index (χ3n) is 4.02. The van der Waals surface area contributed by atoms with E-state index in [1.54, 1.807) is 6.33 Å². The van der Waals surface area contributed by atoms with Gasteiger partial charge in [-0.3, -0.25) is 0 Å². The van der Waals surface area contributed by atoms with Crippen LogP contribution in [0.25, 0.3) is 0 Å². The second kappa shape index (κ2) is 4.04. The highest BCUT2D eigenvalue weighted by Crippen LogP contribution is 2.45. The van der Waals surface area contributed by atoms with Crippen LogP contribution in [0.4, 0.5) is 0 Å². The summed E-state index contributed by atoms with van der Waals surface area (Å²) >= 11 is 0. The van der Waals surface area contributed by atoms with Crippen molar-refractivity contribution in [2.45, 2.75) is 48.8 Å². The number of nitrogens with two attached hydrogens (primary N) is 1. The average molecular weight is 271 g/mol. The number of imidazole rings is 1. The fourth-order valence-electron chi connectivity index (χ4n) is 2.84. The van der Waals surface area contributed by atoms with Crippen molar-refractivity contribution in [3.63, 3.8) is 0 Å². The van der Waals surface area contributed by atoms with Gasteiger partial charge in [-0.05, 0) is 32.1 Å². The molecular formula is C11H17N3O3S. The number of nitrogens with zero attached hydrogens (tertiary/aromatic N) is 2. The molecule has 6 nitrogen and oxygen atoms in total. The lowest BCUT2D eigenvalue weighted by Crippen LogP contribution is -2.45. The lowest BCUT2D eigenvalue weighted by Gasteiger charge is -2.47. The summed E-state index contributed by atoms with van der Waals surface area (Å²) in [5, 5.41) is 5.00. The molecule has 1 aliphatic carbocycles. The van der Waals surface area contributed by atoms with E-state index in [9.17, 15) is 8.42 Å². The Hall–Kier alpha value is -0.920. The van der Waals surface area contributed by atoms with Gasteiger partial charge in [-0.1, -0.05) is 0 Å². The molecular weight excluding hydrogens is 254 g/mol. The van der Waals surface area contributed by atoms with Gasteiger partial charge in [-0.25, -0.2) is 18.5 Å². The molecule has 0 aromatic carbocycles. The molecule has 0 bridgehead atoms. The molecule has 2 N–H and O–H groups in total. The number of hydrogen-bond acceptors (Lipinski definition) is 4. The summed E-state index contributed by atoms with van der Waals surface area (Å²) in [6.45, 7) is 0.730. The van der Waals surface area contributed by atoms with E-state index in [-0.39, 0.29) is 16.7 Å². The van der Waals surface area contributed by atoms with Gasteiger partial charge < -0.3 is 9.30 Å². The van der Waals surface area contributed by atoms with E-state index in [0.29, 0.717) is 0 Å². The van der Waals surface area contributed by atoms with Gasteiger partial charge in [-0.2, -0.15) is 0 Å². The van der Waals surface area contributed by atoms with Crippen molar-refractivity contribution in [3.8, 4) is 0 Å². The summed E-state index contributed by atoms with van der Waals surface area (Å²) < 4.78 is 30.1. The Morgan fingerprint density at radius 1 is 1.50 bits per heavy atom. The average Bonchev–Trinajstić information content (AvgIpc) is 2.76. The normalized spacial score (nSPS) is 27.1. The predicted octanol–water partition coefficient (Wildman–Crippen LogP) is 0.805. The zero-order chi connectivity index (χ0) is 12.8. The van der Waals surface area contributed by atoms with Gasteiger partial charge in [0.05, 0.1) is 11.9 Å². The third kappa shape index (κ3) is 2.06. The highest BCUT2D eigenvalue weighted by molar-refractivity contribution is 7.89. The van der Waals surface area contributed by atoms with Crippen LogP contribution in [-0.4, -0.2) is 30.2 Å². The van der Waals surface area contributed by atoms with Crippen LogP contribution in [0, 0.1) is 0 Å². The Bertz CT molecular complexity index is 548. The van der Waals surface area contributed by atoms with Crippen molar-refractivity contribution < 1.29 is 13.2 Å². The Morgan fingerprint density at radius 2 is 2.28 bits per heavy atom. The van der Waals surface area contributed by atoms with Crippen LogP contribution in [0.15, 0.2) is 17.6 Å². The van der Waals surface area contributed by atoms with Crippen molar-refractivity contribution in [2.75, 3.05) is 6.61 Å². The van der Waals surface area contributed by atoms with Crippen LogP contribution in [-0.2, 0) is 14.8 Å². The number of aromatic nitrogens is 2. The van der Waals surface area contributed by atoms with Gasteiger partial charge >= 0.3 is 0 Å². The fraction of sp³-hybridized carbons (Fsp3) is 0.727. The molecule has 2 fully saturated rings. The maximum absolute atomic E-state index is 11.2. The van der Waals surface area contributed by atoms with Crippen LogP contribution in [0.3, 0.4) is 0 Å². The third-order valence-corrected chi connectivity index (χ3v) is 4.82. The molecule has 2 heterocycles. The molecule has 7 heteroatoms. The van der Waals surface area contributed by atoms with Crippen molar-refractivity contribution in [3.05, 3.63) is 12.5 Å². The van der Waals surface area contributed by atoms with E-state index in [2.05, 4.69) is 4.98 Å². The summed E-state index contributed by atoms with van der Waals surface area (Å²) in [5.41, 5.74) is 0.0366. The fourth-order valence-corrected chi connectivity index (χ4v) is 3.30. The summed E-state index contributed by atoms with van der Waals surface area (Å²) in [6, 6.07) is 0.266. The maximum Gasteiger partial charge on any atom is 0.257 e. The first-order valence-electron chi connectivity index (χ1n) is 6.19. The minimum Gasteiger partial charge on any atom is -0.375 e. The highest BCUT2D eigenvalue weighted by atomic mass is 32.2. The highest BCUT2D eigenvalue weighted by Gasteiger charge is 2.43.